The maximum Gasteiger partial charge on any atom is 0.339 e. The number of primary amides is 1. The van der Waals surface area contributed by atoms with Crippen LogP contribution in [-0.2, 0) is 16.0 Å². The lowest BCUT2D eigenvalue weighted by Crippen LogP contribution is -2.22. The number of nitrogens with zero attached hydrogens (tertiary/aromatic N) is 1. The Kier molecular flexibility index (Phi) is 4.89. The topological polar surface area (TPSA) is 82.3 Å². The van der Waals surface area contributed by atoms with Crippen molar-refractivity contribution in [2.45, 2.75) is 19.3 Å². The summed E-state index contributed by atoms with van der Waals surface area (Å²) >= 11 is 0. The third kappa shape index (κ3) is 3.51. The second kappa shape index (κ2) is 7.64. The Morgan fingerprint density at radius 2 is 1.79 bits per heavy atom. The Morgan fingerprint density at radius 1 is 1.04 bits per heavy atom. The molecule has 0 saturated carbocycles. The highest BCUT2D eigenvalue weighted by molar-refractivity contribution is 6.07. The number of hydrogen-bond donors (Lipinski definition) is 1. The van der Waals surface area contributed by atoms with E-state index >= 15 is 0 Å². The van der Waals surface area contributed by atoms with E-state index in [4.69, 9.17) is 15.5 Å². The summed E-state index contributed by atoms with van der Waals surface area (Å²) in [7, 11) is 0. The maximum absolute atomic E-state index is 12.8. The first-order valence-electron chi connectivity index (χ1n) is 9.26. The number of allylic oxidation sites excluding steroid dienone is 1. The average molecular weight is 372 g/mol. The fraction of sp³-hybridized carbons (Fsp3) is 0.174. The SMILES string of the molecule is NC(=O)COC(=O)c1c2c(nc3ccccc13)C(=Cc1ccccc1)CCC2. The molecule has 1 aliphatic rings. The van der Waals surface area contributed by atoms with Crippen LogP contribution in [0.1, 0.15) is 40.0 Å². The Labute approximate surface area is 162 Å². The first-order valence-corrected chi connectivity index (χ1v) is 9.26. The molecule has 0 unspecified atom stereocenters. The molecule has 5 nitrogen and oxygen atoms in total. The lowest BCUT2D eigenvalue weighted by atomic mass is 9.86. The van der Waals surface area contributed by atoms with Gasteiger partial charge in [-0.1, -0.05) is 48.5 Å². The summed E-state index contributed by atoms with van der Waals surface area (Å²) in [6.45, 7) is -0.434. The van der Waals surface area contributed by atoms with Crippen molar-refractivity contribution in [3.05, 3.63) is 77.0 Å². The standard InChI is InChI=1S/C23H20N2O3/c24-20(26)14-28-23(27)21-17-10-4-5-12-19(17)25-22-16(9-6-11-18(21)22)13-15-7-2-1-3-8-15/h1-5,7-8,10,12-13H,6,9,11,14H2,(H2,24,26). The van der Waals surface area contributed by atoms with Crippen LogP contribution in [0.5, 0.6) is 0 Å². The highest BCUT2D eigenvalue weighted by Crippen LogP contribution is 2.36. The number of aromatic nitrogens is 1. The summed E-state index contributed by atoms with van der Waals surface area (Å²) in [6.07, 6.45) is 4.67. The van der Waals surface area contributed by atoms with Gasteiger partial charge in [-0.25, -0.2) is 9.78 Å². The molecular formula is C23H20N2O3. The molecular weight excluding hydrogens is 352 g/mol. The van der Waals surface area contributed by atoms with E-state index in [1.165, 1.54) is 0 Å². The number of amides is 1. The van der Waals surface area contributed by atoms with Gasteiger partial charge in [-0.2, -0.15) is 0 Å². The number of hydrogen-bond acceptors (Lipinski definition) is 4. The van der Waals surface area contributed by atoms with Crippen LogP contribution in [0.4, 0.5) is 0 Å². The first-order chi connectivity index (χ1) is 13.6. The molecule has 4 rings (SSSR count). The summed E-state index contributed by atoms with van der Waals surface area (Å²) in [6, 6.07) is 17.6. The molecule has 28 heavy (non-hydrogen) atoms. The predicted molar refractivity (Wildman–Crippen MR) is 108 cm³/mol. The Hall–Kier alpha value is -3.47. The highest BCUT2D eigenvalue weighted by atomic mass is 16.5. The van der Waals surface area contributed by atoms with Gasteiger partial charge in [0.2, 0.25) is 0 Å². The minimum absolute atomic E-state index is 0.434. The van der Waals surface area contributed by atoms with Crippen LogP contribution >= 0.6 is 0 Å². The molecule has 0 radical (unpaired) electrons. The fourth-order valence-electron chi connectivity index (χ4n) is 3.67. The van der Waals surface area contributed by atoms with Crippen molar-refractivity contribution in [2.24, 2.45) is 5.73 Å². The van der Waals surface area contributed by atoms with Crippen molar-refractivity contribution >= 4 is 34.4 Å². The van der Waals surface area contributed by atoms with Gasteiger partial charge in [-0.3, -0.25) is 4.79 Å². The fourth-order valence-corrected chi connectivity index (χ4v) is 3.67. The van der Waals surface area contributed by atoms with Gasteiger partial charge in [0.15, 0.2) is 6.61 Å². The van der Waals surface area contributed by atoms with Gasteiger partial charge in [0, 0.05) is 5.39 Å². The average Bonchev–Trinajstić information content (AvgIpc) is 2.71. The molecule has 0 bridgehead atoms. The molecule has 1 aliphatic carbocycles. The molecule has 140 valence electrons. The zero-order chi connectivity index (χ0) is 19.5. The molecule has 1 amide bonds. The van der Waals surface area contributed by atoms with Crippen LogP contribution in [0.25, 0.3) is 22.6 Å². The summed E-state index contributed by atoms with van der Waals surface area (Å²) < 4.78 is 5.16. The van der Waals surface area contributed by atoms with Crippen molar-refractivity contribution in [1.82, 2.24) is 4.98 Å². The molecule has 2 aromatic carbocycles. The molecule has 3 aromatic rings. The van der Waals surface area contributed by atoms with Gasteiger partial charge < -0.3 is 10.5 Å². The van der Waals surface area contributed by atoms with Crippen molar-refractivity contribution in [2.75, 3.05) is 6.61 Å². The summed E-state index contributed by atoms with van der Waals surface area (Å²) in [4.78, 5) is 28.8. The Bertz CT molecular complexity index is 1090. The quantitative estimate of drug-likeness (QED) is 0.707. The van der Waals surface area contributed by atoms with Gasteiger partial charge in [-0.15, -0.1) is 0 Å². The van der Waals surface area contributed by atoms with Gasteiger partial charge >= 0.3 is 5.97 Å². The van der Waals surface area contributed by atoms with E-state index in [2.05, 4.69) is 6.08 Å². The zero-order valence-electron chi connectivity index (χ0n) is 15.4. The smallest absolute Gasteiger partial charge is 0.339 e. The molecule has 0 atom stereocenters. The largest absolute Gasteiger partial charge is 0.452 e. The van der Waals surface area contributed by atoms with Crippen LogP contribution in [0.15, 0.2) is 54.6 Å². The van der Waals surface area contributed by atoms with Crippen molar-refractivity contribution in [3.8, 4) is 0 Å². The number of carbonyl (C=O) groups excluding carboxylic acids is 2. The molecule has 0 saturated heterocycles. The minimum Gasteiger partial charge on any atom is -0.452 e. The number of fused-ring (bicyclic) bond motifs is 2. The molecule has 2 N–H and O–H groups in total. The zero-order valence-corrected chi connectivity index (χ0v) is 15.4. The van der Waals surface area contributed by atoms with E-state index in [0.29, 0.717) is 5.56 Å². The number of para-hydroxylation sites is 1. The third-order valence-electron chi connectivity index (χ3n) is 4.86. The number of carbonyl (C=O) groups is 2. The molecule has 5 heteroatoms. The van der Waals surface area contributed by atoms with Gasteiger partial charge in [0.1, 0.15) is 0 Å². The number of nitrogens with two attached hydrogens (primary N) is 1. The van der Waals surface area contributed by atoms with Crippen LogP contribution in [0, 0.1) is 0 Å². The summed E-state index contributed by atoms with van der Waals surface area (Å²) in [5.41, 5.74) is 10.3. The van der Waals surface area contributed by atoms with E-state index in [-0.39, 0.29) is 0 Å². The Balaban J connectivity index is 1.88. The second-order valence-corrected chi connectivity index (χ2v) is 6.81. The van der Waals surface area contributed by atoms with E-state index in [0.717, 1.165) is 52.6 Å². The van der Waals surface area contributed by atoms with Crippen LogP contribution in [-0.4, -0.2) is 23.5 Å². The van der Waals surface area contributed by atoms with Gasteiger partial charge in [0.05, 0.1) is 16.8 Å². The maximum atomic E-state index is 12.8. The number of rotatable bonds is 4. The number of pyridine rings is 1. The number of ether oxygens (including phenoxy) is 1. The molecule has 0 spiro atoms. The van der Waals surface area contributed by atoms with E-state index in [9.17, 15) is 9.59 Å². The van der Waals surface area contributed by atoms with Gasteiger partial charge in [-0.05, 0) is 48.1 Å². The monoisotopic (exact) mass is 372 g/mol. The lowest BCUT2D eigenvalue weighted by Gasteiger charge is -2.22. The third-order valence-corrected chi connectivity index (χ3v) is 4.86. The van der Waals surface area contributed by atoms with Crippen LogP contribution in [0.2, 0.25) is 0 Å². The van der Waals surface area contributed by atoms with Crippen LogP contribution in [0.3, 0.4) is 0 Å². The molecule has 0 fully saturated rings. The number of benzene rings is 2. The molecule has 0 aliphatic heterocycles. The van der Waals surface area contributed by atoms with E-state index < -0.39 is 18.5 Å². The normalized spacial score (nSPS) is 14.6. The number of esters is 1. The van der Waals surface area contributed by atoms with Crippen molar-refractivity contribution in [1.29, 1.82) is 0 Å². The van der Waals surface area contributed by atoms with E-state index in [1.54, 1.807) is 0 Å². The van der Waals surface area contributed by atoms with Crippen molar-refractivity contribution in [3.63, 3.8) is 0 Å². The summed E-state index contributed by atoms with van der Waals surface area (Å²) in [5, 5.41) is 0.733. The van der Waals surface area contributed by atoms with Gasteiger partial charge in [0.25, 0.3) is 5.91 Å². The predicted octanol–water partition coefficient (Wildman–Crippen LogP) is 3.75. The van der Waals surface area contributed by atoms with Crippen LogP contribution < -0.4 is 5.73 Å². The van der Waals surface area contributed by atoms with Crippen molar-refractivity contribution < 1.29 is 14.3 Å². The second-order valence-electron chi connectivity index (χ2n) is 6.81. The first kappa shape index (κ1) is 17.9. The molecule has 1 heterocycles. The highest BCUT2D eigenvalue weighted by Gasteiger charge is 2.26. The minimum atomic E-state index is -0.676. The molecule has 1 aromatic heterocycles. The lowest BCUT2D eigenvalue weighted by molar-refractivity contribution is -0.121. The van der Waals surface area contributed by atoms with E-state index in [1.807, 2.05) is 54.6 Å². The Morgan fingerprint density at radius 3 is 2.57 bits per heavy atom. The summed E-state index contributed by atoms with van der Waals surface area (Å²) in [5.74, 6) is -1.21.